The molecule has 11 heteroatoms. The Bertz CT molecular complexity index is 1460. The number of hydrogen-bond acceptors (Lipinski definition) is 5. The van der Waals surface area contributed by atoms with Crippen molar-refractivity contribution in [3.63, 3.8) is 0 Å². The van der Waals surface area contributed by atoms with Crippen LogP contribution in [0.25, 0.3) is 21.8 Å². The summed E-state index contributed by atoms with van der Waals surface area (Å²) in [5.74, 6) is -2.98. The predicted octanol–water partition coefficient (Wildman–Crippen LogP) is 0.0920. The zero-order valence-corrected chi connectivity index (χ0v) is 20.0. The first kappa shape index (κ1) is 25.5. The maximum absolute atomic E-state index is 13.0. The van der Waals surface area contributed by atoms with E-state index in [-0.39, 0.29) is 12.8 Å². The van der Waals surface area contributed by atoms with Gasteiger partial charge in [0.05, 0.1) is 12.5 Å². The number of hydrogen-bond donors (Lipinski definition) is 7. The SMILES string of the molecule is NC(=O)C[C@H](NC(=O)[C@H](N)Cc1c[nH]c2ccccc12)C(=O)N[C@H](Cc1c[nH]c2ccccc12)C(N)=O. The number of benzene rings is 2. The van der Waals surface area contributed by atoms with Gasteiger partial charge in [-0.2, -0.15) is 0 Å². The smallest absolute Gasteiger partial charge is 0.243 e. The van der Waals surface area contributed by atoms with E-state index in [1.54, 1.807) is 12.4 Å². The van der Waals surface area contributed by atoms with E-state index in [0.717, 1.165) is 32.9 Å². The van der Waals surface area contributed by atoms with E-state index in [1.165, 1.54) is 0 Å². The van der Waals surface area contributed by atoms with Gasteiger partial charge < -0.3 is 37.8 Å². The summed E-state index contributed by atoms with van der Waals surface area (Å²) in [6, 6.07) is 11.7. The molecule has 4 aromatic rings. The standard InChI is InChI=1S/C26H29N7O4/c27-18(9-14-12-30-19-7-3-1-5-16(14)19)25(36)33-22(11-23(28)34)26(37)32-21(24(29)35)10-15-13-31-20-8-4-2-6-17(15)20/h1-8,12-13,18,21-22,30-31H,9-11,27H2,(H2,28,34)(H2,29,35)(H,32,37)(H,33,36)/t18-,21-,22+/m1/s1. The van der Waals surface area contributed by atoms with Gasteiger partial charge in [-0.1, -0.05) is 36.4 Å². The monoisotopic (exact) mass is 503 g/mol. The summed E-state index contributed by atoms with van der Waals surface area (Å²) in [6.07, 6.45) is 3.34. The number of nitrogens with one attached hydrogen (secondary N) is 4. The highest BCUT2D eigenvalue weighted by Crippen LogP contribution is 2.20. The summed E-state index contributed by atoms with van der Waals surface area (Å²) in [4.78, 5) is 55.9. The largest absolute Gasteiger partial charge is 0.370 e. The van der Waals surface area contributed by atoms with Gasteiger partial charge in [-0.15, -0.1) is 0 Å². The second kappa shape index (κ2) is 11.0. The number of nitrogens with two attached hydrogens (primary N) is 3. The van der Waals surface area contributed by atoms with E-state index in [2.05, 4.69) is 20.6 Å². The number of para-hydroxylation sites is 2. The van der Waals surface area contributed by atoms with Crippen molar-refractivity contribution in [2.45, 2.75) is 37.4 Å². The minimum atomic E-state index is -1.33. The topological polar surface area (TPSA) is 202 Å². The van der Waals surface area contributed by atoms with Crippen LogP contribution in [0.15, 0.2) is 60.9 Å². The molecule has 0 aliphatic carbocycles. The lowest BCUT2D eigenvalue weighted by atomic mass is 10.0. The van der Waals surface area contributed by atoms with Crippen molar-refractivity contribution in [2.75, 3.05) is 0 Å². The van der Waals surface area contributed by atoms with Crippen molar-refractivity contribution in [2.24, 2.45) is 17.2 Å². The fourth-order valence-electron chi connectivity index (χ4n) is 4.33. The van der Waals surface area contributed by atoms with E-state index in [9.17, 15) is 19.2 Å². The highest BCUT2D eigenvalue weighted by Gasteiger charge is 2.29. The van der Waals surface area contributed by atoms with Gasteiger partial charge >= 0.3 is 0 Å². The van der Waals surface area contributed by atoms with Crippen molar-refractivity contribution < 1.29 is 19.2 Å². The molecule has 0 aliphatic rings. The number of rotatable bonds is 11. The number of aromatic amines is 2. The fourth-order valence-corrected chi connectivity index (χ4v) is 4.33. The second-order valence-corrected chi connectivity index (χ2v) is 8.93. The molecule has 10 N–H and O–H groups in total. The fraction of sp³-hybridized carbons (Fsp3) is 0.231. The first-order valence-electron chi connectivity index (χ1n) is 11.8. The van der Waals surface area contributed by atoms with Gasteiger partial charge in [0.1, 0.15) is 12.1 Å². The third kappa shape index (κ3) is 5.96. The zero-order valence-electron chi connectivity index (χ0n) is 20.0. The van der Waals surface area contributed by atoms with Gasteiger partial charge in [0, 0.05) is 40.6 Å². The Hall–Kier alpha value is -4.64. The molecule has 11 nitrogen and oxygen atoms in total. The Balaban J connectivity index is 1.44. The van der Waals surface area contributed by atoms with Crippen LogP contribution >= 0.6 is 0 Å². The van der Waals surface area contributed by atoms with Gasteiger partial charge in [0.25, 0.3) is 0 Å². The molecule has 4 rings (SSSR count). The lowest BCUT2D eigenvalue weighted by Gasteiger charge is -2.22. The molecule has 0 saturated carbocycles. The molecule has 2 aromatic heterocycles. The predicted molar refractivity (Wildman–Crippen MR) is 139 cm³/mol. The van der Waals surface area contributed by atoms with Crippen LogP contribution in [0.4, 0.5) is 0 Å². The van der Waals surface area contributed by atoms with Crippen LogP contribution in [-0.4, -0.2) is 51.7 Å². The lowest BCUT2D eigenvalue weighted by Crippen LogP contribution is -2.56. The van der Waals surface area contributed by atoms with E-state index in [1.807, 2.05) is 48.5 Å². The Morgan fingerprint density at radius 3 is 1.78 bits per heavy atom. The summed E-state index contributed by atoms with van der Waals surface area (Å²) >= 11 is 0. The van der Waals surface area contributed by atoms with Crippen LogP contribution in [0, 0.1) is 0 Å². The molecule has 37 heavy (non-hydrogen) atoms. The van der Waals surface area contributed by atoms with Crippen LogP contribution < -0.4 is 27.8 Å². The molecule has 0 bridgehead atoms. The van der Waals surface area contributed by atoms with Gasteiger partial charge in [0.15, 0.2) is 0 Å². The Morgan fingerprint density at radius 1 is 0.730 bits per heavy atom. The normalized spacial score (nSPS) is 13.6. The zero-order chi connectivity index (χ0) is 26.5. The summed E-state index contributed by atoms with van der Waals surface area (Å²) < 4.78 is 0. The summed E-state index contributed by atoms with van der Waals surface area (Å²) in [6.45, 7) is 0. The van der Waals surface area contributed by atoms with Gasteiger partial charge in [-0.3, -0.25) is 19.2 Å². The first-order chi connectivity index (χ1) is 17.7. The van der Waals surface area contributed by atoms with E-state index in [0.29, 0.717) is 0 Å². The minimum absolute atomic E-state index is 0.113. The van der Waals surface area contributed by atoms with Crippen LogP contribution in [0.3, 0.4) is 0 Å². The Kier molecular flexibility index (Phi) is 7.54. The van der Waals surface area contributed by atoms with E-state index < -0.39 is 48.2 Å². The summed E-state index contributed by atoms with van der Waals surface area (Å²) in [7, 11) is 0. The van der Waals surface area contributed by atoms with Crippen LogP contribution in [0.1, 0.15) is 17.5 Å². The highest BCUT2D eigenvalue weighted by molar-refractivity contribution is 5.96. The van der Waals surface area contributed by atoms with Gasteiger partial charge in [0.2, 0.25) is 23.6 Å². The van der Waals surface area contributed by atoms with Crippen molar-refractivity contribution in [3.8, 4) is 0 Å². The van der Waals surface area contributed by atoms with Gasteiger partial charge in [-0.25, -0.2) is 0 Å². The number of carbonyl (C=O) groups is 4. The quantitative estimate of drug-likeness (QED) is 0.152. The van der Waals surface area contributed by atoms with E-state index >= 15 is 0 Å². The summed E-state index contributed by atoms with van der Waals surface area (Å²) in [5.41, 5.74) is 20.4. The number of H-pyrrole nitrogens is 2. The maximum Gasteiger partial charge on any atom is 0.243 e. The molecular weight excluding hydrogens is 474 g/mol. The molecule has 3 atom stereocenters. The molecule has 192 valence electrons. The Labute approximate surface area is 212 Å². The van der Waals surface area contributed by atoms with Crippen molar-refractivity contribution in [1.82, 2.24) is 20.6 Å². The summed E-state index contributed by atoms with van der Waals surface area (Å²) in [5, 5.41) is 6.85. The molecule has 0 aliphatic heterocycles. The van der Waals surface area contributed by atoms with Crippen molar-refractivity contribution in [1.29, 1.82) is 0 Å². The molecule has 4 amide bonds. The third-order valence-electron chi connectivity index (χ3n) is 6.25. The average Bonchev–Trinajstić information content (AvgIpc) is 3.47. The van der Waals surface area contributed by atoms with Crippen molar-refractivity contribution in [3.05, 3.63) is 72.1 Å². The second-order valence-electron chi connectivity index (χ2n) is 8.93. The van der Waals surface area contributed by atoms with Crippen molar-refractivity contribution >= 4 is 45.4 Å². The molecule has 2 heterocycles. The molecule has 0 radical (unpaired) electrons. The average molecular weight is 504 g/mol. The van der Waals surface area contributed by atoms with Gasteiger partial charge in [-0.05, 0) is 29.7 Å². The van der Waals surface area contributed by atoms with Crippen LogP contribution in [0.2, 0.25) is 0 Å². The van der Waals surface area contributed by atoms with E-state index in [4.69, 9.17) is 17.2 Å². The number of primary amides is 2. The number of carbonyl (C=O) groups excluding carboxylic acids is 4. The number of amides is 4. The molecule has 0 saturated heterocycles. The molecule has 0 spiro atoms. The Morgan fingerprint density at radius 2 is 1.24 bits per heavy atom. The third-order valence-corrected chi connectivity index (χ3v) is 6.25. The molecule has 0 unspecified atom stereocenters. The van der Waals surface area contributed by atoms with Crippen LogP contribution in [0.5, 0.6) is 0 Å². The molecule has 2 aromatic carbocycles. The highest BCUT2D eigenvalue weighted by atomic mass is 16.2. The number of fused-ring (bicyclic) bond motifs is 2. The minimum Gasteiger partial charge on any atom is -0.370 e. The molecular formula is C26H29N7O4. The number of aromatic nitrogens is 2. The van der Waals surface area contributed by atoms with Crippen LogP contribution in [-0.2, 0) is 32.0 Å². The molecule has 0 fully saturated rings. The maximum atomic E-state index is 13.0. The first-order valence-corrected chi connectivity index (χ1v) is 11.8. The lowest BCUT2D eigenvalue weighted by molar-refractivity contribution is -0.133.